The molecule has 2 nitrogen and oxygen atoms in total. The first-order valence-electron chi connectivity index (χ1n) is 5.63. The Labute approximate surface area is 116 Å². The van der Waals surface area contributed by atoms with Crippen molar-refractivity contribution in [1.82, 2.24) is 0 Å². The van der Waals surface area contributed by atoms with E-state index in [1.54, 1.807) is 12.1 Å². The number of alkyl halides is 4. The summed E-state index contributed by atoms with van der Waals surface area (Å²) < 4.78 is 53.9. The molecule has 7 heteroatoms. The molecule has 0 spiro atoms. The van der Waals surface area contributed by atoms with Crippen LogP contribution in [0.1, 0.15) is 17.2 Å². The molecule has 0 saturated carbocycles. The molecule has 0 amide bonds. The van der Waals surface area contributed by atoms with Gasteiger partial charge in [-0.05, 0) is 40.1 Å². The van der Waals surface area contributed by atoms with E-state index in [0.717, 1.165) is 5.56 Å². The monoisotopic (exact) mass is 305 g/mol. The van der Waals surface area contributed by atoms with Gasteiger partial charge in [0, 0.05) is 0 Å². The summed E-state index contributed by atoms with van der Waals surface area (Å²) in [4.78, 5) is 0. The van der Waals surface area contributed by atoms with Crippen LogP contribution >= 0.6 is 11.3 Å². The summed E-state index contributed by atoms with van der Waals surface area (Å²) >= 11 is 1.45. The summed E-state index contributed by atoms with van der Waals surface area (Å²) in [6, 6.07) is 6.74. The molecule has 0 saturated heterocycles. The summed E-state index contributed by atoms with van der Waals surface area (Å²) in [5.41, 5.74) is 7.29. The van der Waals surface area contributed by atoms with Gasteiger partial charge in [-0.25, -0.2) is 0 Å². The zero-order valence-electron chi connectivity index (χ0n) is 10.1. The van der Waals surface area contributed by atoms with E-state index in [2.05, 4.69) is 4.74 Å². The fraction of sp³-hybridized carbons (Fsp3) is 0.231. The Bertz CT molecular complexity index is 559. The lowest BCUT2D eigenvalue weighted by Gasteiger charge is -2.18. The van der Waals surface area contributed by atoms with Gasteiger partial charge in [-0.3, -0.25) is 0 Å². The predicted octanol–water partition coefficient (Wildman–Crippen LogP) is 4.03. The van der Waals surface area contributed by atoms with E-state index in [4.69, 9.17) is 5.73 Å². The highest BCUT2D eigenvalue weighted by molar-refractivity contribution is 7.08. The van der Waals surface area contributed by atoms with Crippen molar-refractivity contribution in [2.75, 3.05) is 0 Å². The van der Waals surface area contributed by atoms with E-state index in [0.29, 0.717) is 5.56 Å². The van der Waals surface area contributed by atoms with Crippen molar-refractivity contribution in [2.24, 2.45) is 5.73 Å². The molecule has 0 bridgehead atoms. The third-order valence-corrected chi connectivity index (χ3v) is 3.33. The van der Waals surface area contributed by atoms with Crippen LogP contribution in [0.2, 0.25) is 0 Å². The van der Waals surface area contributed by atoms with Gasteiger partial charge in [-0.15, -0.1) is 0 Å². The molecular weight excluding hydrogens is 294 g/mol. The van der Waals surface area contributed by atoms with Gasteiger partial charge in [0.05, 0.1) is 6.04 Å². The van der Waals surface area contributed by atoms with Crippen LogP contribution in [0.25, 0.3) is 0 Å². The molecular formula is C13H11F4NOS. The third-order valence-electron chi connectivity index (χ3n) is 2.63. The van der Waals surface area contributed by atoms with Crippen LogP contribution in [0, 0.1) is 0 Å². The summed E-state index contributed by atoms with van der Waals surface area (Å²) in [5.74, 6) is -0.349. The minimum Gasteiger partial charge on any atom is -0.428 e. The number of rotatable bonds is 5. The second kappa shape index (κ2) is 5.80. The fourth-order valence-electron chi connectivity index (χ4n) is 1.62. The highest BCUT2D eigenvalue weighted by Crippen LogP contribution is 2.30. The third kappa shape index (κ3) is 3.29. The topological polar surface area (TPSA) is 35.2 Å². The molecule has 1 aromatic heterocycles. The van der Waals surface area contributed by atoms with Crippen LogP contribution in [-0.4, -0.2) is 12.5 Å². The number of hydrogen-bond acceptors (Lipinski definition) is 3. The quantitative estimate of drug-likeness (QED) is 0.846. The smallest absolute Gasteiger partial charge is 0.428 e. The highest BCUT2D eigenvalue weighted by Gasteiger charge is 2.44. The molecule has 2 N–H and O–H groups in total. The molecule has 108 valence electrons. The fourth-order valence-corrected chi connectivity index (χ4v) is 2.31. The van der Waals surface area contributed by atoms with Gasteiger partial charge in [0.15, 0.2) is 0 Å². The maximum absolute atomic E-state index is 12.8. The molecule has 1 aromatic carbocycles. The number of thiophene rings is 1. The average molecular weight is 305 g/mol. The van der Waals surface area contributed by atoms with E-state index in [1.807, 2.05) is 10.8 Å². The molecule has 20 heavy (non-hydrogen) atoms. The lowest BCUT2D eigenvalue weighted by molar-refractivity contribution is -0.253. The second-order valence-corrected chi connectivity index (χ2v) is 4.85. The first kappa shape index (κ1) is 14.8. The SMILES string of the molecule is N[C@H](c1ccsc1)c1cccc(OC(F)(F)C(F)F)c1. The maximum Gasteiger partial charge on any atom is 0.461 e. The maximum atomic E-state index is 12.8. The van der Waals surface area contributed by atoms with Crippen molar-refractivity contribution < 1.29 is 22.3 Å². The number of benzene rings is 1. The van der Waals surface area contributed by atoms with Gasteiger partial charge in [-0.2, -0.15) is 28.9 Å². The number of nitrogens with two attached hydrogens (primary N) is 1. The molecule has 0 fully saturated rings. The standard InChI is InChI=1S/C13H11F4NOS/c14-12(15)13(16,17)19-10-3-1-2-8(6-10)11(18)9-4-5-20-7-9/h1-7,11-12H,18H2/t11-/m0/s1. The summed E-state index contributed by atoms with van der Waals surface area (Å²) in [5, 5.41) is 3.66. The van der Waals surface area contributed by atoms with E-state index in [9.17, 15) is 17.6 Å². The van der Waals surface area contributed by atoms with Gasteiger partial charge in [-0.1, -0.05) is 12.1 Å². The van der Waals surface area contributed by atoms with Gasteiger partial charge < -0.3 is 10.5 Å². The van der Waals surface area contributed by atoms with E-state index >= 15 is 0 Å². The lowest BCUT2D eigenvalue weighted by Crippen LogP contribution is -2.33. The van der Waals surface area contributed by atoms with Gasteiger partial charge >= 0.3 is 12.5 Å². The largest absolute Gasteiger partial charge is 0.461 e. The molecule has 0 aliphatic rings. The van der Waals surface area contributed by atoms with Crippen molar-refractivity contribution in [1.29, 1.82) is 0 Å². The van der Waals surface area contributed by atoms with Crippen molar-refractivity contribution in [3.05, 3.63) is 52.2 Å². The van der Waals surface area contributed by atoms with Crippen molar-refractivity contribution >= 4 is 11.3 Å². The molecule has 0 aliphatic carbocycles. The van der Waals surface area contributed by atoms with Crippen LogP contribution in [0.15, 0.2) is 41.1 Å². The normalized spacial score (nSPS) is 13.5. The van der Waals surface area contributed by atoms with Crippen LogP contribution in [0.4, 0.5) is 17.6 Å². The summed E-state index contributed by atoms with van der Waals surface area (Å²) in [6.45, 7) is 0. The Balaban J connectivity index is 2.20. The molecule has 0 radical (unpaired) electrons. The summed E-state index contributed by atoms with van der Waals surface area (Å²) in [6.07, 6.45) is -8.41. The Morgan fingerprint density at radius 3 is 2.50 bits per heavy atom. The summed E-state index contributed by atoms with van der Waals surface area (Å²) in [7, 11) is 0. The Morgan fingerprint density at radius 1 is 1.15 bits per heavy atom. The van der Waals surface area contributed by atoms with Crippen LogP contribution < -0.4 is 10.5 Å². The molecule has 2 aromatic rings. The number of ether oxygens (including phenoxy) is 1. The van der Waals surface area contributed by atoms with Crippen LogP contribution in [0.5, 0.6) is 5.75 Å². The zero-order valence-corrected chi connectivity index (χ0v) is 10.9. The predicted molar refractivity (Wildman–Crippen MR) is 68.4 cm³/mol. The Morgan fingerprint density at radius 2 is 1.90 bits per heavy atom. The Kier molecular flexibility index (Phi) is 4.29. The van der Waals surface area contributed by atoms with Crippen LogP contribution in [0.3, 0.4) is 0 Å². The zero-order chi connectivity index (χ0) is 14.8. The van der Waals surface area contributed by atoms with Gasteiger partial charge in [0.25, 0.3) is 0 Å². The highest BCUT2D eigenvalue weighted by atomic mass is 32.1. The van der Waals surface area contributed by atoms with Crippen molar-refractivity contribution in [3.8, 4) is 5.75 Å². The van der Waals surface area contributed by atoms with Crippen molar-refractivity contribution in [2.45, 2.75) is 18.6 Å². The first-order chi connectivity index (χ1) is 9.40. The number of halogens is 4. The molecule has 0 aliphatic heterocycles. The lowest BCUT2D eigenvalue weighted by atomic mass is 10.0. The molecule has 1 atom stereocenters. The van der Waals surface area contributed by atoms with E-state index in [1.165, 1.54) is 29.5 Å². The first-order valence-corrected chi connectivity index (χ1v) is 6.57. The molecule has 2 rings (SSSR count). The van der Waals surface area contributed by atoms with Gasteiger partial charge in [0.1, 0.15) is 5.75 Å². The van der Waals surface area contributed by atoms with E-state index < -0.39 is 18.6 Å². The Hall–Kier alpha value is -1.60. The van der Waals surface area contributed by atoms with Crippen molar-refractivity contribution in [3.63, 3.8) is 0 Å². The van der Waals surface area contributed by atoms with Crippen LogP contribution in [-0.2, 0) is 0 Å². The number of hydrogen-bond donors (Lipinski definition) is 1. The van der Waals surface area contributed by atoms with Gasteiger partial charge in [0.2, 0.25) is 0 Å². The molecule has 1 heterocycles. The minimum absolute atomic E-state index is 0.349. The minimum atomic E-state index is -4.52. The average Bonchev–Trinajstić information content (AvgIpc) is 2.91. The second-order valence-electron chi connectivity index (χ2n) is 4.07. The van der Waals surface area contributed by atoms with E-state index in [-0.39, 0.29) is 5.75 Å². The molecule has 0 unspecified atom stereocenters.